The van der Waals surface area contributed by atoms with E-state index < -0.39 is 0 Å². The Morgan fingerprint density at radius 1 is 0.846 bits per heavy atom. The molecule has 2 rings (SSSR count). The highest BCUT2D eigenvalue weighted by molar-refractivity contribution is 6.30. The molecule has 0 unspecified atom stereocenters. The molecule has 1 heterocycles. The summed E-state index contributed by atoms with van der Waals surface area (Å²) in [4.78, 5) is 16.8. The number of benzene rings is 1. The number of hydrogen-bond donors (Lipinski definition) is 0. The van der Waals surface area contributed by atoms with Crippen molar-refractivity contribution in [2.75, 3.05) is 31.1 Å². The molecule has 4 heteroatoms. The van der Waals surface area contributed by atoms with Gasteiger partial charge in [-0.1, -0.05) is 69.9 Å². The van der Waals surface area contributed by atoms with Crippen molar-refractivity contribution >= 4 is 23.2 Å². The Bertz CT molecular complexity index is 509. The largest absolute Gasteiger partial charge is 0.368 e. The predicted molar refractivity (Wildman–Crippen MR) is 112 cm³/mol. The molecule has 1 amide bonds. The first-order valence-corrected chi connectivity index (χ1v) is 10.9. The normalized spacial score (nSPS) is 14.7. The lowest BCUT2D eigenvalue weighted by Crippen LogP contribution is -2.48. The van der Waals surface area contributed by atoms with Crippen molar-refractivity contribution in [3.63, 3.8) is 0 Å². The van der Waals surface area contributed by atoms with Crippen LogP contribution < -0.4 is 4.90 Å². The topological polar surface area (TPSA) is 23.6 Å². The Hall–Kier alpha value is -1.22. The minimum Gasteiger partial charge on any atom is -0.368 e. The molecule has 26 heavy (non-hydrogen) atoms. The first kappa shape index (κ1) is 21.1. The van der Waals surface area contributed by atoms with E-state index in [-0.39, 0.29) is 0 Å². The highest BCUT2D eigenvalue weighted by Gasteiger charge is 2.20. The first-order chi connectivity index (χ1) is 12.7. The van der Waals surface area contributed by atoms with Crippen molar-refractivity contribution in [3.8, 4) is 0 Å². The SMILES string of the molecule is CCCCCCCCCCCC(=O)N1CCN(c2ccc(Cl)cc2)CC1. The minimum atomic E-state index is 0.337. The average Bonchev–Trinajstić information content (AvgIpc) is 2.67. The molecule has 1 aromatic carbocycles. The molecule has 0 bridgehead atoms. The fourth-order valence-electron chi connectivity index (χ4n) is 3.61. The molecule has 3 nitrogen and oxygen atoms in total. The van der Waals surface area contributed by atoms with Gasteiger partial charge in [-0.15, -0.1) is 0 Å². The summed E-state index contributed by atoms with van der Waals surface area (Å²) in [5, 5.41) is 0.767. The molecule has 0 saturated carbocycles. The molecule has 0 aliphatic carbocycles. The molecular weight excluding hydrogens is 344 g/mol. The summed E-state index contributed by atoms with van der Waals surface area (Å²) in [6, 6.07) is 7.97. The van der Waals surface area contributed by atoms with E-state index in [2.05, 4.69) is 24.0 Å². The van der Waals surface area contributed by atoms with Gasteiger partial charge in [-0.05, 0) is 30.7 Å². The Kier molecular flexibility index (Phi) is 9.91. The summed E-state index contributed by atoms with van der Waals surface area (Å²) in [5.74, 6) is 0.337. The second-order valence-electron chi connectivity index (χ2n) is 7.42. The summed E-state index contributed by atoms with van der Waals surface area (Å²) < 4.78 is 0. The predicted octanol–water partition coefficient (Wildman–Crippen LogP) is 5.91. The van der Waals surface area contributed by atoms with Crippen LogP contribution in [0.2, 0.25) is 5.02 Å². The molecule has 146 valence electrons. The third kappa shape index (κ3) is 7.57. The second-order valence-corrected chi connectivity index (χ2v) is 7.86. The van der Waals surface area contributed by atoms with Crippen molar-refractivity contribution in [2.45, 2.75) is 71.1 Å². The number of hydrogen-bond acceptors (Lipinski definition) is 2. The number of halogens is 1. The van der Waals surface area contributed by atoms with Crippen LogP contribution in [0.15, 0.2) is 24.3 Å². The summed E-state index contributed by atoms with van der Waals surface area (Å²) in [6.07, 6.45) is 12.4. The number of carbonyl (C=O) groups is 1. The molecule has 0 aromatic heterocycles. The molecule has 0 spiro atoms. The lowest BCUT2D eigenvalue weighted by Gasteiger charge is -2.36. The summed E-state index contributed by atoms with van der Waals surface area (Å²) >= 11 is 5.95. The number of piperazine rings is 1. The van der Waals surface area contributed by atoms with Gasteiger partial charge in [0, 0.05) is 43.3 Å². The third-order valence-electron chi connectivity index (χ3n) is 5.32. The average molecular weight is 379 g/mol. The van der Waals surface area contributed by atoms with E-state index in [0.717, 1.165) is 44.0 Å². The van der Waals surface area contributed by atoms with Crippen molar-refractivity contribution in [1.82, 2.24) is 4.90 Å². The molecule has 1 aliphatic heterocycles. The van der Waals surface area contributed by atoms with Crippen molar-refractivity contribution in [2.24, 2.45) is 0 Å². The molecule has 1 aliphatic rings. The fourth-order valence-corrected chi connectivity index (χ4v) is 3.74. The van der Waals surface area contributed by atoms with Gasteiger partial charge in [0.1, 0.15) is 0 Å². The van der Waals surface area contributed by atoms with Crippen LogP contribution in [-0.4, -0.2) is 37.0 Å². The molecule has 0 atom stereocenters. The Morgan fingerprint density at radius 3 is 1.96 bits per heavy atom. The van der Waals surface area contributed by atoms with Gasteiger partial charge in [-0.25, -0.2) is 0 Å². The van der Waals surface area contributed by atoms with E-state index in [0.29, 0.717) is 5.91 Å². The number of carbonyl (C=O) groups excluding carboxylic acids is 1. The quantitative estimate of drug-likeness (QED) is 0.447. The standard InChI is InChI=1S/C22H35ClN2O/c1-2-3-4-5-6-7-8-9-10-11-22(26)25-18-16-24(17-19-25)21-14-12-20(23)13-15-21/h12-15H,2-11,16-19H2,1H3. The van der Waals surface area contributed by atoms with Crippen molar-refractivity contribution in [3.05, 3.63) is 29.3 Å². The number of anilines is 1. The van der Waals surface area contributed by atoms with Crippen LogP contribution in [0.25, 0.3) is 0 Å². The van der Waals surface area contributed by atoms with E-state index >= 15 is 0 Å². The van der Waals surface area contributed by atoms with Crippen LogP contribution in [-0.2, 0) is 4.79 Å². The zero-order valence-electron chi connectivity index (χ0n) is 16.4. The Morgan fingerprint density at radius 2 is 1.38 bits per heavy atom. The monoisotopic (exact) mass is 378 g/mol. The van der Waals surface area contributed by atoms with Gasteiger partial charge in [0.05, 0.1) is 0 Å². The van der Waals surface area contributed by atoms with Gasteiger partial charge in [0.15, 0.2) is 0 Å². The van der Waals surface area contributed by atoms with Gasteiger partial charge < -0.3 is 9.80 Å². The number of nitrogens with zero attached hydrogens (tertiary/aromatic N) is 2. The fraction of sp³-hybridized carbons (Fsp3) is 0.682. The van der Waals surface area contributed by atoms with Gasteiger partial charge in [-0.3, -0.25) is 4.79 Å². The lowest BCUT2D eigenvalue weighted by molar-refractivity contribution is -0.131. The van der Waals surface area contributed by atoms with Crippen LogP contribution in [0.3, 0.4) is 0 Å². The van der Waals surface area contributed by atoms with Gasteiger partial charge in [0.25, 0.3) is 0 Å². The molecular formula is C22H35ClN2O. The van der Waals surface area contributed by atoms with E-state index in [9.17, 15) is 4.79 Å². The molecule has 1 saturated heterocycles. The second kappa shape index (κ2) is 12.2. The zero-order valence-corrected chi connectivity index (χ0v) is 17.1. The number of unbranched alkanes of at least 4 members (excludes halogenated alkanes) is 8. The Labute approximate surface area is 164 Å². The summed E-state index contributed by atoms with van der Waals surface area (Å²) in [5.41, 5.74) is 1.19. The van der Waals surface area contributed by atoms with Crippen LogP contribution in [0.4, 0.5) is 5.69 Å². The zero-order chi connectivity index (χ0) is 18.6. The van der Waals surface area contributed by atoms with Crippen LogP contribution >= 0.6 is 11.6 Å². The van der Waals surface area contributed by atoms with E-state index in [1.165, 1.54) is 57.1 Å². The van der Waals surface area contributed by atoms with Gasteiger partial charge in [-0.2, -0.15) is 0 Å². The Balaban J connectivity index is 1.53. The summed E-state index contributed by atoms with van der Waals surface area (Å²) in [7, 11) is 0. The molecule has 0 radical (unpaired) electrons. The van der Waals surface area contributed by atoms with E-state index in [1.54, 1.807) is 0 Å². The van der Waals surface area contributed by atoms with Crippen LogP contribution in [0, 0.1) is 0 Å². The maximum atomic E-state index is 12.4. The van der Waals surface area contributed by atoms with Crippen molar-refractivity contribution < 1.29 is 4.79 Å². The smallest absolute Gasteiger partial charge is 0.222 e. The molecule has 1 fully saturated rings. The minimum absolute atomic E-state index is 0.337. The van der Waals surface area contributed by atoms with Gasteiger partial charge in [0.2, 0.25) is 5.91 Å². The lowest BCUT2D eigenvalue weighted by atomic mass is 10.1. The van der Waals surface area contributed by atoms with Gasteiger partial charge >= 0.3 is 0 Å². The number of rotatable bonds is 11. The van der Waals surface area contributed by atoms with E-state index in [1.807, 2.05) is 17.0 Å². The first-order valence-electron chi connectivity index (χ1n) is 10.5. The highest BCUT2D eigenvalue weighted by Crippen LogP contribution is 2.20. The van der Waals surface area contributed by atoms with Crippen molar-refractivity contribution in [1.29, 1.82) is 0 Å². The van der Waals surface area contributed by atoms with Crippen LogP contribution in [0.1, 0.15) is 71.1 Å². The number of amides is 1. The summed E-state index contributed by atoms with van der Waals surface area (Å²) in [6.45, 7) is 5.74. The van der Waals surface area contributed by atoms with Crippen LogP contribution in [0.5, 0.6) is 0 Å². The highest BCUT2D eigenvalue weighted by atomic mass is 35.5. The maximum absolute atomic E-state index is 12.4. The third-order valence-corrected chi connectivity index (χ3v) is 5.57. The molecule has 0 N–H and O–H groups in total. The maximum Gasteiger partial charge on any atom is 0.222 e. The molecule has 1 aromatic rings. The van der Waals surface area contributed by atoms with E-state index in [4.69, 9.17) is 11.6 Å².